The molecular weight excluding hydrogens is 242 g/mol. The highest BCUT2D eigenvalue weighted by atomic mass is 16.6. The Hall–Kier alpha value is -1.83. The second kappa shape index (κ2) is 3.84. The average Bonchev–Trinajstić information content (AvgIpc) is 2.33. The van der Waals surface area contributed by atoms with Gasteiger partial charge < -0.3 is 4.90 Å². The minimum Gasteiger partial charge on any atom is -0.323 e. The van der Waals surface area contributed by atoms with E-state index in [1.54, 1.807) is 6.92 Å². The smallest absolute Gasteiger partial charge is 0.323 e. The van der Waals surface area contributed by atoms with E-state index in [4.69, 9.17) is 0 Å². The van der Waals surface area contributed by atoms with Crippen molar-refractivity contribution >= 4 is 5.78 Å². The number of quaternary nitrogens is 1. The van der Waals surface area contributed by atoms with Gasteiger partial charge in [0.05, 0.1) is 6.54 Å². The molecule has 2 rings (SSSR count). The normalized spacial score (nSPS) is 38.5. The molecule has 18 heavy (non-hydrogen) atoms. The topological polar surface area (TPSA) is 108 Å². The van der Waals surface area contributed by atoms with E-state index in [9.17, 15) is 25.0 Å². The second-order valence-electron chi connectivity index (χ2n) is 4.98. The number of nitro groups is 2. The third-order valence-electron chi connectivity index (χ3n) is 3.91. The van der Waals surface area contributed by atoms with Crippen molar-refractivity contribution in [2.24, 2.45) is 0 Å². The number of ketones is 1. The summed E-state index contributed by atoms with van der Waals surface area (Å²) in [5.41, 5.74) is -3.31. The zero-order valence-corrected chi connectivity index (χ0v) is 9.92. The molecule has 1 aliphatic carbocycles. The molecule has 0 amide bonds. The number of hydrogen-bond donors (Lipinski definition) is 1. The molecule has 98 valence electrons. The maximum Gasteiger partial charge on any atom is 0.337 e. The van der Waals surface area contributed by atoms with Gasteiger partial charge in [0.1, 0.15) is 6.42 Å². The van der Waals surface area contributed by atoms with Crippen molar-refractivity contribution < 1.29 is 19.5 Å². The van der Waals surface area contributed by atoms with Crippen LogP contribution in [0, 0.1) is 20.2 Å². The summed E-state index contributed by atoms with van der Waals surface area (Å²) < 4.78 is 0. The van der Waals surface area contributed by atoms with Gasteiger partial charge in [-0.1, -0.05) is 0 Å². The van der Waals surface area contributed by atoms with Gasteiger partial charge in [0.15, 0.2) is 13.1 Å². The van der Waals surface area contributed by atoms with Crippen LogP contribution in [-0.4, -0.2) is 46.3 Å². The Morgan fingerprint density at radius 3 is 2.50 bits per heavy atom. The Morgan fingerprint density at radius 2 is 2.00 bits per heavy atom. The third-order valence-corrected chi connectivity index (χ3v) is 3.91. The van der Waals surface area contributed by atoms with Crippen molar-refractivity contribution in [2.45, 2.75) is 24.4 Å². The van der Waals surface area contributed by atoms with Gasteiger partial charge in [-0.3, -0.25) is 25.0 Å². The van der Waals surface area contributed by atoms with Gasteiger partial charge in [-0.25, -0.2) is 0 Å². The zero-order valence-electron chi connectivity index (χ0n) is 9.92. The second-order valence-corrected chi connectivity index (χ2v) is 4.98. The highest BCUT2D eigenvalue weighted by Gasteiger charge is 2.69. The summed E-state index contributed by atoms with van der Waals surface area (Å²) >= 11 is 0. The molecule has 0 aromatic carbocycles. The van der Waals surface area contributed by atoms with E-state index in [-0.39, 0.29) is 19.5 Å². The summed E-state index contributed by atoms with van der Waals surface area (Å²) in [6, 6.07) is 0. The van der Waals surface area contributed by atoms with E-state index >= 15 is 0 Å². The number of piperidine rings is 1. The maximum atomic E-state index is 11.8. The van der Waals surface area contributed by atoms with Crippen molar-refractivity contribution in [2.75, 3.05) is 19.6 Å². The summed E-state index contributed by atoms with van der Waals surface area (Å²) in [5, 5.41) is 22.5. The molecule has 3 unspecified atom stereocenters. The van der Waals surface area contributed by atoms with Crippen molar-refractivity contribution in [1.29, 1.82) is 0 Å². The Balaban J connectivity index is 2.54. The molecule has 8 heteroatoms. The predicted octanol–water partition coefficient (Wildman–Crippen LogP) is -1.54. The molecule has 0 aromatic heterocycles. The molecule has 0 spiro atoms. The van der Waals surface area contributed by atoms with Crippen molar-refractivity contribution in [3.05, 3.63) is 32.4 Å². The number of hydrogen-bond acceptors (Lipinski definition) is 5. The third kappa shape index (κ3) is 1.52. The number of carbonyl (C=O) groups excluding carboxylic acids is 1. The molecule has 1 saturated heterocycles. The lowest BCUT2D eigenvalue weighted by molar-refractivity contribution is -0.938. The Labute approximate surface area is 103 Å². The van der Waals surface area contributed by atoms with Crippen LogP contribution in [0.25, 0.3) is 0 Å². The van der Waals surface area contributed by atoms with Crippen LogP contribution in [0.15, 0.2) is 12.2 Å². The number of carbonyl (C=O) groups is 1. The van der Waals surface area contributed by atoms with E-state index in [0.29, 0.717) is 11.4 Å². The van der Waals surface area contributed by atoms with E-state index < -0.39 is 26.7 Å². The number of rotatable bonds is 3. The Bertz CT molecular complexity index is 462. The van der Waals surface area contributed by atoms with E-state index in [1.165, 1.54) is 6.08 Å². The van der Waals surface area contributed by atoms with Crippen molar-refractivity contribution in [3.8, 4) is 0 Å². The minimum absolute atomic E-state index is 0.0231. The number of nitrogens with zero attached hydrogens (tertiary/aromatic N) is 2. The summed E-state index contributed by atoms with van der Waals surface area (Å²) in [7, 11) is 0. The minimum atomic E-state index is -1.83. The maximum absolute atomic E-state index is 11.8. The summed E-state index contributed by atoms with van der Waals surface area (Å²) in [5.74, 6) is -0.629. The van der Waals surface area contributed by atoms with Crippen LogP contribution in [0.3, 0.4) is 0 Å². The molecule has 2 bridgehead atoms. The molecule has 2 aliphatic rings. The van der Waals surface area contributed by atoms with Crippen LogP contribution in [0.4, 0.5) is 0 Å². The van der Waals surface area contributed by atoms with Crippen LogP contribution < -0.4 is 4.90 Å². The standard InChI is InChI=1S/C10H13N3O5/c1-2-11-6-9(12(15)16)4-3-8(14)10(5-9,7-11)13(17)18/h3-4H,2,5-7H2,1H3/p+1. The average molecular weight is 256 g/mol. The molecule has 0 aromatic rings. The first-order valence-electron chi connectivity index (χ1n) is 5.72. The van der Waals surface area contributed by atoms with Crippen molar-refractivity contribution in [1.82, 2.24) is 0 Å². The SMILES string of the molecule is CC[NH+]1CC2([N+](=O)[O-])C=CC(=O)C([N+](=O)[O-])(C1)C2. The monoisotopic (exact) mass is 256 g/mol. The van der Waals surface area contributed by atoms with Gasteiger partial charge >= 0.3 is 5.54 Å². The predicted molar refractivity (Wildman–Crippen MR) is 59.5 cm³/mol. The van der Waals surface area contributed by atoms with Gasteiger partial charge in [0, 0.05) is 15.9 Å². The van der Waals surface area contributed by atoms with Crippen LogP contribution in [0.2, 0.25) is 0 Å². The van der Waals surface area contributed by atoms with Crippen LogP contribution in [0.5, 0.6) is 0 Å². The summed E-state index contributed by atoms with van der Waals surface area (Å²) in [4.78, 5) is 33.9. The highest BCUT2D eigenvalue weighted by molar-refractivity contribution is 5.98. The molecule has 8 nitrogen and oxygen atoms in total. The van der Waals surface area contributed by atoms with Crippen LogP contribution >= 0.6 is 0 Å². The van der Waals surface area contributed by atoms with Crippen LogP contribution in [0.1, 0.15) is 13.3 Å². The van der Waals surface area contributed by atoms with Crippen molar-refractivity contribution in [3.63, 3.8) is 0 Å². The van der Waals surface area contributed by atoms with Gasteiger partial charge in [-0.15, -0.1) is 0 Å². The lowest BCUT2D eigenvalue weighted by Crippen LogP contribution is -3.18. The van der Waals surface area contributed by atoms with Gasteiger partial charge in [-0.2, -0.15) is 0 Å². The van der Waals surface area contributed by atoms with Gasteiger partial charge in [0.25, 0.3) is 5.54 Å². The number of likely N-dealkylation sites (tertiary alicyclic amines) is 1. The Morgan fingerprint density at radius 1 is 1.33 bits per heavy atom. The largest absolute Gasteiger partial charge is 0.337 e. The van der Waals surface area contributed by atoms with E-state index in [2.05, 4.69) is 0 Å². The number of likely N-dealkylation sites (N-methyl/N-ethyl adjacent to an activating group) is 1. The molecule has 1 heterocycles. The first-order valence-corrected chi connectivity index (χ1v) is 5.72. The molecule has 1 fully saturated rings. The lowest BCUT2D eigenvalue weighted by atomic mass is 9.71. The van der Waals surface area contributed by atoms with Gasteiger partial charge in [0.2, 0.25) is 5.78 Å². The summed E-state index contributed by atoms with van der Waals surface area (Å²) in [6.45, 7) is 2.53. The molecule has 1 aliphatic heterocycles. The summed E-state index contributed by atoms with van der Waals surface area (Å²) in [6.07, 6.45) is 1.91. The first-order chi connectivity index (χ1) is 8.36. The fourth-order valence-corrected chi connectivity index (χ4v) is 2.88. The molecule has 0 radical (unpaired) electrons. The molecule has 1 N–H and O–H groups in total. The fourth-order valence-electron chi connectivity index (χ4n) is 2.88. The Kier molecular flexibility index (Phi) is 2.69. The van der Waals surface area contributed by atoms with E-state index in [1.807, 2.05) is 0 Å². The molecule has 3 atom stereocenters. The van der Waals surface area contributed by atoms with Gasteiger partial charge in [-0.05, 0) is 13.0 Å². The number of fused-ring (bicyclic) bond motifs is 2. The highest BCUT2D eigenvalue weighted by Crippen LogP contribution is 2.34. The quantitative estimate of drug-likeness (QED) is 0.486. The van der Waals surface area contributed by atoms with Crippen LogP contribution in [-0.2, 0) is 4.79 Å². The molecule has 0 saturated carbocycles. The lowest BCUT2D eigenvalue weighted by Gasteiger charge is -2.39. The first kappa shape index (κ1) is 12.6. The van der Waals surface area contributed by atoms with E-state index in [0.717, 1.165) is 6.08 Å². The molecular formula is C10H14N3O5+. The number of nitrogens with one attached hydrogen (secondary N) is 1. The fraction of sp³-hybridized carbons (Fsp3) is 0.700. The zero-order chi connectivity index (χ0) is 13.6.